The number of hydrogen-bond donors (Lipinski definition) is 2. The van der Waals surface area contributed by atoms with Crippen molar-refractivity contribution in [1.82, 2.24) is 5.32 Å². The Kier molecular flexibility index (Phi) is 7.48. The molecule has 3 aromatic carbocycles. The molecule has 6 heteroatoms. The highest BCUT2D eigenvalue weighted by Gasteiger charge is 2.21. The van der Waals surface area contributed by atoms with Crippen LogP contribution in [0.25, 0.3) is 0 Å². The van der Waals surface area contributed by atoms with Crippen LogP contribution in [-0.2, 0) is 13.0 Å². The normalized spacial score (nSPS) is 13.1. The fourth-order valence-corrected chi connectivity index (χ4v) is 4.04. The van der Waals surface area contributed by atoms with E-state index in [1.54, 1.807) is 29.2 Å². The van der Waals surface area contributed by atoms with Crippen LogP contribution in [0.2, 0.25) is 0 Å². The van der Waals surface area contributed by atoms with Crippen LogP contribution in [0.1, 0.15) is 48.2 Å². The van der Waals surface area contributed by atoms with Crippen LogP contribution in [0.4, 0.5) is 16.2 Å². The molecule has 1 aliphatic heterocycles. The first kappa shape index (κ1) is 23.4. The van der Waals surface area contributed by atoms with Gasteiger partial charge in [0.15, 0.2) is 0 Å². The molecule has 0 spiro atoms. The number of rotatable bonds is 6. The predicted octanol–water partition coefficient (Wildman–Crippen LogP) is 5.78. The van der Waals surface area contributed by atoms with E-state index in [-0.39, 0.29) is 18.0 Å². The minimum absolute atomic E-state index is 0.124. The Labute approximate surface area is 200 Å². The van der Waals surface area contributed by atoms with E-state index in [9.17, 15) is 9.59 Å². The van der Waals surface area contributed by atoms with Gasteiger partial charge < -0.3 is 15.4 Å². The fraction of sp³-hybridized carbons (Fsp3) is 0.286. The highest BCUT2D eigenvalue weighted by molar-refractivity contribution is 6.02. The van der Waals surface area contributed by atoms with Crippen LogP contribution in [0.3, 0.4) is 0 Å². The number of hydrogen-bond acceptors (Lipinski definition) is 3. The second-order valence-electron chi connectivity index (χ2n) is 8.74. The van der Waals surface area contributed by atoms with Gasteiger partial charge in [0, 0.05) is 30.0 Å². The van der Waals surface area contributed by atoms with E-state index in [1.165, 1.54) is 5.56 Å². The van der Waals surface area contributed by atoms with Crippen LogP contribution in [0.15, 0.2) is 72.8 Å². The molecule has 0 aliphatic carbocycles. The maximum Gasteiger partial charge on any atom is 0.326 e. The topological polar surface area (TPSA) is 70.7 Å². The van der Waals surface area contributed by atoms with E-state index in [4.69, 9.17) is 4.74 Å². The lowest BCUT2D eigenvalue weighted by atomic mass is 10.1. The lowest BCUT2D eigenvalue weighted by Crippen LogP contribution is -2.35. The molecule has 1 heterocycles. The third kappa shape index (κ3) is 5.95. The minimum atomic E-state index is -0.165. The third-order valence-corrected chi connectivity index (χ3v) is 5.75. The number of ether oxygens (including phenoxy) is 1. The molecular weight excluding hydrogens is 426 g/mol. The number of anilines is 2. The molecule has 3 amide bonds. The van der Waals surface area contributed by atoms with Gasteiger partial charge in [0.2, 0.25) is 0 Å². The predicted molar refractivity (Wildman–Crippen MR) is 136 cm³/mol. The van der Waals surface area contributed by atoms with Crippen molar-refractivity contribution >= 4 is 23.3 Å². The van der Waals surface area contributed by atoms with Gasteiger partial charge in [-0.15, -0.1) is 0 Å². The molecule has 6 nitrogen and oxygen atoms in total. The number of amides is 3. The number of nitrogens with one attached hydrogen (secondary N) is 2. The standard InChI is InChI=1S/C28H31N3O3/c1-20(2)34-25-16-10-21(11-17-25)19-29-27(32)23-12-14-24(15-13-23)30-28(33)31-18-6-5-8-22-7-3-4-9-26(22)31/h3-4,7,9-17,20H,5-6,8,18-19H2,1-2H3,(H,29,32)(H,30,33). The van der Waals surface area contributed by atoms with Crippen LogP contribution >= 0.6 is 0 Å². The van der Waals surface area contributed by atoms with Crippen LogP contribution in [0, 0.1) is 0 Å². The van der Waals surface area contributed by atoms with E-state index < -0.39 is 0 Å². The smallest absolute Gasteiger partial charge is 0.326 e. The Morgan fingerprint density at radius 2 is 1.68 bits per heavy atom. The van der Waals surface area contributed by atoms with Crippen LogP contribution in [0.5, 0.6) is 5.75 Å². The Morgan fingerprint density at radius 1 is 0.941 bits per heavy atom. The second kappa shape index (κ2) is 10.9. The summed E-state index contributed by atoms with van der Waals surface area (Å²) in [5.41, 5.74) is 4.36. The summed E-state index contributed by atoms with van der Waals surface area (Å²) in [5.74, 6) is 0.646. The van der Waals surface area contributed by atoms with E-state index in [0.29, 0.717) is 24.3 Å². The number of benzene rings is 3. The van der Waals surface area contributed by atoms with Crippen molar-refractivity contribution in [1.29, 1.82) is 0 Å². The highest BCUT2D eigenvalue weighted by atomic mass is 16.5. The van der Waals surface area contributed by atoms with Gasteiger partial charge in [-0.1, -0.05) is 30.3 Å². The molecule has 4 rings (SSSR count). The van der Waals surface area contributed by atoms with Crippen molar-refractivity contribution in [3.63, 3.8) is 0 Å². The summed E-state index contributed by atoms with van der Waals surface area (Å²) < 4.78 is 5.64. The molecule has 0 atom stereocenters. The van der Waals surface area contributed by atoms with Gasteiger partial charge in [-0.3, -0.25) is 9.69 Å². The van der Waals surface area contributed by atoms with E-state index in [2.05, 4.69) is 16.7 Å². The summed E-state index contributed by atoms with van der Waals surface area (Å²) in [7, 11) is 0. The van der Waals surface area contributed by atoms with Gasteiger partial charge in [0.05, 0.1) is 6.10 Å². The Balaban J connectivity index is 1.33. The molecule has 0 saturated heterocycles. The Bertz CT molecular complexity index is 1120. The molecule has 0 aromatic heterocycles. The van der Waals surface area contributed by atoms with Gasteiger partial charge in [-0.25, -0.2) is 4.79 Å². The lowest BCUT2D eigenvalue weighted by molar-refractivity contribution is 0.0951. The first-order valence-electron chi connectivity index (χ1n) is 11.8. The summed E-state index contributed by atoms with van der Waals surface area (Å²) in [6, 6.07) is 22.6. The van der Waals surface area contributed by atoms with Gasteiger partial charge in [0.1, 0.15) is 5.75 Å². The van der Waals surface area contributed by atoms with Crippen molar-refractivity contribution in [2.45, 2.75) is 45.8 Å². The first-order chi connectivity index (χ1) is 16.5. The average molecular weight is 458 g/mol. The third-order valence-electron chi connectivity index (χ3n) is 5.75. The molecule has 0 fully saturated rings. The maximum absolute atomic E-state index is 13.0. The molecule has 3 aromatic rings. The Morgan fingerprint density at radius 3 is 2.41 bits per heavy atom. The first-order valence-corrected chi connectivity index (χ1v) is 11.8. The summed E-state index contributed by atoms with van der Waals surface area (Å²) in [6.07, 6.45) is 3.15. The number of urea groups is 1. The van der Waals surface area contributed by atoms with Crippen LogP contribution in [-0.4, -0.2) is 24.6 Å². The number of carbonyl (C=O) groups is 2. The molecular formula is C28H31N3O3. The number of carbonyl (C=O) groups excluding carboxylic acids is 2. The Hall–Kier alpha value is -3.80. The molecule has 0 bridgehead atoms. The average Bonchev–Trinajstić information content (AvgIpc) is 3.06. The number of aryl methyl sites for hydroxylation is 1. The molecule has 0 unspecified atom stereocenters. The molecule has 1 aliphatic rings. The summed E-state index contributed by atoms with van der Waals surface area (Å²) >= 11 is 0. The zero-order valence-corrected chi connectivity index (χ0v) is 19.7. The lowest BCUT2D eigenvalue weighted by Gasteiger charge is -2.23. The summed E-state index contributed by atoms with van der Waals surface area (Å²) in [4.78, 5) is 27.3. The van der Waals surface area contributed by atoms with E-state index in [1.807, 2.05) is 56.3 Å². The van der Waals surface area contributed by atoms with Crippen molar-refractivity contribution in [2.24, 2.45) is 0 Å². The zero-order chi connectivity index (χ0) is 23.9. The summed E-state index contributed by atoms with van der Waals surface area (Å²) in [6.45, 7) is 5.08. The quantitative estimate of drug-likeness (QED) is 0.493. The molecule has 176 valence electrons. The molecule has 34 heavy (non-hydrogen) atoms. The van der Waals surface area contributed by atoms with Crippen molar-refractivity contribution < 1.29 is 14.3 Å². The SMILES string of the molecule is CC(C)Oc1ccc(CNC(=O)c2ccc(NC(=O)N3CCCCc4ccccc43)cc2)cc1. The molecule has 0 saturated carbocycles. The fourth-order valence-electron chi connectivity index (χ4n) is 4.04. The molecule has 0 radical (unpaired) electrons. The maximum atomic E-state index is 13.0. The van der Waals surface area contributed by atoms with Gasteiger partial charge in [-0.2, -0.15) is 0 Å². The number of nitrogens with zero attached hydrogens (tertiary/aromatic N) is 1. The van der Waals surface area contributed by atoms with Crippen molar-refractivity contribution in [3.05, 3.63) is 89.5 Å². The van der Waals surface area contributed by atoms with Gasteiger partial charge >= 0.3 is 6.03 Å². The van der Waals surface area contributed by atoms with E-state index >= 15 is 0 Å². The number of fused-ring (bicyclic) bond motifs is 1. The minimum Gasteiger partial charge on any atom is -0.491 e. The van der Waals surface area contributed by atoms with Gasteiger partial charge in [0.25, 0.3) is 5.91 Å². The molecule has 2 N–H and O–H groups in total. The van der Waals surface area contributed by atoms with Crippen molar-refractivity contribution in [3.8, 4) is 5.75 Å². The highest BCUT2D eigenvalue weighted by Crippen LogP contribution is 2.26. The summed E-state index contributed by atoms with van der Waals surface area (Å²) in [5, 5.41) is 5.90. The van der Waals surface area contributed by atoms with Gasteiger partial charge in [-0.05, 0) is 86.7 Å². The monoisotopic (exact) mass is 457 g/mol. The zero-order valence-electron chi connectivity index (χ0n) is 19.7. The van der Waals surface area contributed by atoms with Crippen LogP contribution < -0.4 is 20.3 Å². The largest absolute Gasteiger partial charge is 0.491 e. The second-order valence-corrected chi connectivity index (χ2v) is 8.74. The number of para-hydroxylation sites is 1. The van der Waals surface area contributed by atoms with E-state index in [0.717, 1.165) is 36.3 Å². The van der Waals surface area contributed by atoms with Crippen molar-refractivity contribution in [2.75, 3.05) is 16.8 Å².